The Balaban J connectivity index is 2.55. The number of hydrogen-bond acceptors (Lipinski definition) is 4. The molecule has 0 aromatic rings. The standard InChI is InChI=1S/C9H15NO5/c1-14-9(13)10-7(8(11)12)6-3-2-4-15-5-6/h6-7H,2-5H2,1H3,(H,10,13)(H,11,12)/t6-,7?/m0/s1. The van der Waals surface area contributed by atoms with Gasteiger partial charge in [-0.1, -0.05) is 0 Å². The summed E-state index contributed by atoms with van der Waals surface area (Å²) in [5, 5.41) is 11.2. The minimum absolute atomic E-state index is 0.185. The Labute approximate surface area is 87.5 Å². The van der Waals surface area contributed by atoms with Crippen LogP contribution >= 0.6 is 0 Å². The number of carbonyl (C=O) groups excluding carboxylic acids is 1. The molecule has 1 saturated heterocycles. The van der Waals surface area contributed by atoms with Crippen molar-refractivity contribution in [3.8, 4) is 0 Å². The molecule has 0 aromatic carbocycles. The summed E-state index contributed by atoms with van der Waals surface area (Å²) in [6.45, 7) is 1.02. The van der Waals surface area contributed by atoms with E-state index < -0.39 is 18.1 Å². The topological polar surface area (TPSA) is 84.9 Å². The molecule has 0 aliphatic carbocycles. The van der Waals surface area contributed by atoms with Gasteiger partial charge < -0.3 is 19.9 Å². The van der Waals surface area contributed by atoms with E-state index >= 15 is 0 Å². The highest BCUT2D eigenvalue weighted by Gasteiger charge is 2.31. The molecular weight excluding hydrogens is 202 g/mol. The number of methoxy groups -OCH3 is 1. The van der Waals surface area contributed by atoms with Crippen molar-refractivity contribution < 1.29 is 24.2 Å². The van der Waals surface area contributed by atoms with Gasteiger partial charge in [0.05, 0.1) is 13.7 Å². The number of nitrogens with one attached hydrogen (secondary N) is 1. The molecule has 0 spiro atoms. The number of ether oxygens (including phenoxy) is 2. The largest absolute Gasteiger partial charge is 0.480 e. The molecular formula is C9H15NO5. The molecule has 1 aliphatic rings. The summed E-state index contributed by atoms with van der Waals surface area (Å²) >= 11 is 0. The number of hydrogen-bond donors (Lipinski definition) is 2. The Hall–Kier alpha value is -1.30. The van der Waals surface area contributed by atoms with E-state index in [4.69, 9.17) is 9.84 Å². The first-order valence-corrected chi connectivity index (χ1v) is 4.80. The van der Waals surface area contributed by atoms with Gasteiger partial charge in [-0.25, -0.2) is 9.59 Å². The summed E-state index contributed by atoms with van der Waals surface area (Å²) in [6, 6.07) is -0.933. The molecule has 6 nitrogen and oxygen atoms in total. The maximum Gasteiger partial charge on any atom is 0.407 e. The zero-order valence-electron chi connectivity index (χ0n) is 8.56. The number of aliphatic carboxylic acids is 1. The van der Waals surface area contributed by atoms with Gasteiger partial charge in [0.2, 0.25) is 0 Å². The fourth-order valence-corrected chi connectivity index (χ4v) is 1.60. The van der Waals surface area contributed by atoms with Crippen LogP contribution in [0.4, 0.5) is 4.79 Å². The number of rotatable bonds is 3. The summed E-state index contributed by atoms with van der Waals surface area (Å²) < 4.78 is 9.54. The van der Waals surface area contributed by atoms with Crippen LogP contribution in [0.2, 0.25) is 0 Å². The van der Waals surface area contributed by atoms with E-state index in [2.05, 4.69) is 10.1 Å². The molecule has 2 atom stereocenters. The second kappa shape index (κ2) is 5.55. The van der Waals surface area contributed by atoms with Crippen molar-refractivity contribution in [2.45, 2.75) is 18.9 Å². The quantitative estimate of drug-likeness (QED) is 0.706. The molecule has 0 aromatic heterocycles. The SMILES string of the molecule is COC(=O)NC(C(=O)O)[C@H]1CCCOC1. The number of alkyl carbamates (subject to hydrolysis) is 1. The lowest BCUT2D eigenvalue weighted by Crippen LogP contribution is -2.48. The number of carboxylic acids is 1. The van der Waals surface area contributed by atoms with Crippen LogP contribution in [0, 0.1) is 5.92 Å². The van der Waals surface area contributed by atoms with Crippen LogP contribution in [0.5, 0.6) is 0 Å². The van der Waals surface area contributed by atoms with Crippen LogP contribution < -0.4 is 5.32 Å². The van der Waals surface area contributed by atoms with Crippen molar-refractivity contribution in [1.82, 2.24) is 5.32 Å². The molecule has 1 heterocycles. The highest BCUT2D eigenvalue weighted by molar-refractivity contribution is 5.80. The summed E-state index contributed by atoms with van der Waals surface area (Å²) in [5.74, 6) is -1.24. The Morgan fingerprint density at radius 1 is 1.60 bits per heavy atom. The number of carbonyl (C=O) groups is 2. The summed E-state index contributed by atoms with van der Waals surface area (Å²) in [5.41, 5.74) is 0. The van der Waals surface area contributed by atoms with Gasteiger partial charge in [-0.15, -0.1) is 0 Å². The third kappa shape index (κ3) is 3.39. The van der Waals surface area contributed by atoms with Crippen molar-refractivity contribution in [3.63, 3.8) is 0 Å². The van der Waals surface area contributed by atoms with E-state index in [9.17, 15) is 9.59 Å². The van der Waals surface area contributed by atoms with Gasteiger partial charge in [0, 0.05) is 12.5 Å². The number of amides is 1. The van der Waals surface area contributed by atoms with Gasteiger partial charge in [-0.2, -0.15) is 0 Å². The Kier molecular flexibility index (Phi) is 4.36. The molecule has 86 valence electrons. The van der Waals surface area contributed by atoms with Crippen molar-refractivity contribution >= 4 is 12.1 Å². The summed E-state index contributed by atoms with van der Waals surface area (Å²) in [7, 11) is 1.20. The number of carboxylic acid groups (broad SMARTS) is 1. The molecule has 1 rings (SSSR count). The summed E-state index contributed by atoms with van der Waals surface area (Å²) in [4.78, 5) is 21.9. The third-order valence-electron chi connectivity index (χ3n) is 2.39. The highest BCUT2D eigenvalue weighted by Crippen LogP contribution is 2.17. The van der Waals surface area contributed by atoms with Crippen LogP contribution in [0.1, 0.15) is 12.8 Å². The molecule has 0 saturated carbocycles. The van der Waals surface area contributed by atoms with Crippen molar-refractivity contribution in [3.05, 3.63) is 0 Å². The molecule has 0 radical (unpaired) electrons. The zero-order valence-corrected chi connectivity index (χ0v) is 8.56. The van der Waals surface area contributed by atoms with Crippen LogP contribution in [0.15, 0.2) is 0 Å². The first kappa shape index (κ1) is 11.8. The van der Waals surface area contributed by atoms with E-state index in [0.29, 0.717) is 13.2 Å². The average Bonchev–Trinajstić information content (AvgIpc) is 2.26. The maximum absolute atomic E-state index is 10.9. The van der Waals surface area contributed by atoms with E-state index in [0.717, 1.165) is 12.8 Å². The summed E-state index contributed by atoms with van der Waals surface area (Å²) in [6.07, 6.45) is 0.825. The smallest absolute Gasteiger partial charge is 0.407 e. The molecule has 0 bridgehead atoms. The van der Waals surface area contributed by atoms with Gasteiger partial charge in [-0.3, -0.25) is 0 Å². The lowest BCUT2D eigenvalue weighted by atomic mass is 9.94. The molecule has 1 unspecified atom stereocenters. The first-order valence-electron chi connectivity index (χ1n) is 4.80. The van der Waals surface area contributed by atoms with Gasteiger partial charge in [0.25, 0.3) is 0 Å². The Morgan fingerprint density at radius 3 is 2.80 bits per heavy atom. The molecule has 6 heteroatoms. The van der Waals surface area contributed by atoms with Gasteiger partial charge in [0.1, 0.15) is 6.04 Å². The minimum atomic E-state index is -1.06. The van der Waals surface area contributed by atoms with E-state index in [1.54, 1.807) is 0 Å². The normalized spacial score (nSPS) is 22.9. The lowest BCUT2D eigenvalue weighted by molar-refractivity contribution is -0.142. The second-order valence-electron chi connectivity index (χ2n) is 3.43. The van der Waals surface area contributed by atoms with E-state index in [1.165, 1.54) is 7.11 Å². The van der Waals surface area contributed by atoms with Gasteiger partial charge >= 0.3 is 12.1 Å². The monoisotopic (exact) mass is 217 g/mol. The minimum Gasteiger partial charge on any atom is -0.480 e. The van der Waals surface area contributed by atoms with E-state index in [1.807, 2.05) is 0 Å². The maximum atomic E-state index is 10.9. The predicted molar refractivity (Wildman–Crippen MR) is 50.5 cm³/mol. The van der Waals surface area contributed by atoms with Gasteiger partial charge in [0.15, 0.2) is 0 Å². The first-order chi connectivity index (χ1) is 7.15. The predicted octanol–water partition coefficient (Wildman–Crippen LogP) is 0.222. The fraction of sp³-hybridized carbons (Fsp3) is 0.778. The Bertz CT molecular complexity index is 237. The van der Waals surface area contributed by atoms with Crippen LogP contribution in [0.3, 0.4) is 0 Å². The average molecular weight is 217 g/mol. The van der Waals surface area contributed by atoms with Crippen molar-refractivity contribution in [2.24, 2.45) is 5.92 Å². The van der Waals surface area contributed by atoms with Crippen molar-refractivity contribution in [2.75, 3.05) is 20.3 Å². The molecule has 2 N–H and O–H groups in total. The molecule has 1 aliphatic heterocycles. The van der Waals surface area contributed by atoms with Crippen LogP contribution in [-0.4, -0.2) is 43.5 Å². The molecule has 1 amide bonds. The van der Waals surface area contributed by atoms with Gasteiger partial charge in [-0.05, 0) is 12.8 Å². The lowest BCUT2D eigenvalue weighted by Gasteiger charge is -2.27. The molecule has 1 fully saturated rings. The third-order valence-corrected chi connectivity index (χ3v) is 2.39. The highest BCUT2D eigenvalue weighted by atomic mass is 16.5. The fourth-order valence-electron chi connectivity index (χ4n) is 1.60. The second-order valence-corrected chi connectivity index (χ2v) is 3.43. The Morgan fingerprint density at radius 2 is 2.33 bits per heavy atom. The molecule has 15 heavy (non-hydrogen) atoms. The van der Waals surface area contributed by atoms with Crippen molar-refractivity contribution in [1.29, 1.82) is 0 Å². The van der Waals surface area contributed by atoms with Crippen LogP contribution in [-0.2, 0) is 14.3 Å². The van der Waals surface area contributed by atoms with E-state index in [-0.39, 0.29) is 5.92 Å². The van der Waals surface area contributed by atoms with Crippen LogP contribution in [0.25, 0.3) is 0 Å². The zero-order chi connectivity index (χ0) is 11.3.